The lowest BCUT2D eigenvalue weighted by Crippen LogP contribution is -2.19. The van der Waals surface area contributed by atoms with Gasteiger partial charge in [0, 0.05) is 18.1 Å². The second-order valence-electron chi connectivity index (χ2n) is 7.25. The predicted octanol–water partition coefficient (Wildman–Crippen LogP) is 4.99. The van der Waals surface area contributed by atoms with Gasteiger partial charge in [-0.05, 0) is 80.6 Å². The Kier molecular flexibility index (Phi) is 5.68. The molecule has 0 atom stereocenters. The van der Waals surface area contributed by atoms with Crippen LogP contribution in [0.3, 0.4) is 0 Å². The Morgan fingerprint density at radius 1 is 1.07 bits per heavy atom. The van der Waals surface area contributed by atoms with E-state index in [4.69, 9.17) is 9.47 Å². The summed E-state index contributed by atoms with van der Waals surface area (Å²) in [6, 6.07) is 13.7. The summed E-state index contributed by atoms with van der Waals surface area (Å²) >= 11 is 0. The third kappa shape index (κ3) is 4.78. The van der Waals surface area contributed by atoms with Crippen LogP contribution in [0.4, 0.5) is 0 Å². The van der Waals surface area contributed by atoms with Crippen molar-refractivity contribution in [1.82, 2.24) is 0 Å². The Morgan fingerprint density at radius 3 is 2.26 bits per heavy atom. The van der Waals surface area contributed by atoms with E-state index < -0.39 is 0 Å². The Hall–Kier alpha value is -2.57. The summed E-state index contributed by atoms with van der Waals surface area (Å²) in [5, 5.41) is 0. The number of benzene rings is 2. The van der Waals surface area contributed by atoms with Gasteiger partial charge in [0.25, 0.3) is 0 Å². The normalized spacial score (nSPS) is 14.4. The van der Waals surface area contributed by atoms with Gasteiger partial charge in [0.2, 0.25) is 0 Å². The van der Waals surface area contributed by atoms with Gasteiger partial charge in [-0.3, -0.25) is 4.79 Å². The summed E-state index contributed by atoms with van der Waals surface area (Å²) < 4.78 is 11.3. The van der Waals surface area contributed by atoms with Crippen LogP contribution >= 0.6 is 0 Å². The first-order valence-corrected chi connectivity index (χ1v) is 9.53. The molecule has 2 aromatic carbocycles. The predicted molar refractivity (Wildman–Crippen MR) is 107 cm³/mol. The average Bonchev–Trinajstić information content (AvgIpc) is 3.40. The van der Waals surface area contributed by atoms with Gasteiger partial charge in [0.05, 0.1) is 11.7 Å². The van der Waals surface area contributed by atoms with Crippen LogP contribution < -0.4 is 4.74 Å². The smallest absolute Gasteiger partial charge is 0.308 e. The minimum absolute atomic E-state index is 0.0853. The molecule has 1 aliphatic carbocycles. The van der Waals surface area contributed by atoms with Gasteiger partial charge >= 0.3 is 5.97 Å². The molecule has 0 spiro atoms. The molecule has 0 aromatic heterocycles. The van der Waals surface area contributed by atoms with Crippen molar-refractivity contribution in [3.8, 4) is 17.6 Å². The van der Waals surface area contributed by atoms with Crippen molar-refractivity contribution < 1.29 is 14.3 Å². The molecular weight excluding hydrogens is 336 g/mol. The number of esters is 1. The molecule has 27 heavy (non-hydrogen) atoms. The largest absolute Gasteiger partial charge is 0.427 e. The molecule has 0 saturated heterocycles. The fourth-order valence-electron chi connectivity index (χ4n) is 3.34. The highest BCUT2D eigenvalue weighted by molar-refractivity contribution is 5.69. The van der Waals surface area contributed by atoms with E-state index in [0.717, 1.165) is 30.4 Å². The van der Waals surface area contributed by atoms with E-state index >= 15 is 0 Å². The highest BCUT2D eigenvalue weighted by Crippen LogP contribution is 2.51. The quantitative estimate of drug-likeness (QED) is 0.427. The van der Waals surface area contributed by atoms with Gasteiger partial charge in [-0.1, -0.05) is 24.8 Å². The van der Waals surface area contributed by atoms with Gasteiger partial charge in [0.1, 0.15) is 5.75 Å². The van der Waals surface area contributed by atoms with Gasteiger partial charge in [-0.15, -0.1) is 0 Å². The molecule has 0 bridgehead atoms. The number of carbonyl (C=O) groups excluding carboxylic acids is 1. The number of aryl methyl sites for hydroxylation is 1. The Bertz CT molecular complexity index is 878. The van der Waals surface area contributed by atoms with Crippen LogP contribution in [0.1, 0.15) is 62.8 Å². The minimum Gasteiger partial charge on any atom is -0.427 e. The first kappa shape index (κ1) is 19.2. The van der Waals surface area contributed by atoms with Crippen molar-refractivity contribution in [2.75, 3.05) is 0 Å². The van der Waals surface area contributed by atoms with E-state index in [0.29, 0.717) is 5.75 Å². The third-order valence-electron chi connectivity index (χ3n) is 4.61. The van der Waals surface area contributed by atoms with Crippen molar-refractivity contribution in [2.45, 2.75) is 58.7 Å². The molecule has 3 nitrogen and oxygen atoms in total. The van der Waals surface area contributed by atoms with Gasteiger partial charge < -0.3 is 9.47 Å². The summed E-state index contributed by atoms with van der Waals surface area (Å²) in [4.78, 5) is 11.0. The molecule has 0 radical (unpaired) electrons. The molecule has 0 aliphatic heterocycles. The van der Waals surface area contributed by atoms with Crippen LogP contribution in [0, 0.1) is 11.8 Å². The number of rotatable bonds is 5. The van der Waals surface area contributed by atoms with E-state index in [1.165, 1.54) is 18.1 Å². The number of hydrogen-bond donors (Lipinski definition) is 0. The van der Waals surface area contributed by atoms with Crippen LogP contribution in [-0.2, 0) is 21.6 Å². The van der Waals surface area contributed by atoms with E-state index in [1.807, 2.05) is 12.1 Å². The second-order valence-corrected chi connectivity index (χ2v) is 7.25. The van der Waals surface area contributed by atoms with Crippen LogP contribution in [0.5, 0.6) is 5.75 Å². The van der Waals surface area contributed by atoms with Crippen LogP contribution in [-0.4, -0.2) is 12.1 Å². The maximum atomic E-state index is 11.0. The van der Waals surface area contributed by atoms with Crippen molar-refractivity contribution in [3.05, 3.63) is 64.7 Å². The SMILES string of the molecule is CCc1cc(C#Cc2ccc(OC(C)=O)cc2)ccc1C1(OC(C)C)CC1. The summed E-state index contributed by atoms with van der Waals surface area (Å²) in [6.45, 7) is 7.76. The molecule has 140 valence electrons. The molecule has 0 amide bonds. The number of carbonyl (C=O) groups is 1. The molecule has 0 unspecified atom stereocenters. The Balaban J connectivity index is 1.79. The zero-order valence-electron chi connectivity index (χ0n) is 16.5. The molecular formula is C24H26O3. The highest BCUT2D eigenvalue weighted by atomic mass is 16.5. The first-order valence-electron chi connectivity index (χ1n) is 9.53. The molecule has 2 aromatic rings. The summed E-state index contributed by atoms with van der Waals surface area (Å²) in [5.41, 5.74) is 4.42. The van der Waals surface area contributed by atoms with Crippen molar-refractivity contribution in [2.24, 2.45) is 0 Å². The second kappa shape index (κ2) is 7.98. The van der Waals surface area contributed by atoms with Gasteiger partial charge in [-0.25, -0.2) is 0 Å². The van der Waals surface area contributed by atoms with Crippen LogP contribution in [0.2, 0.25) is 0 Å². The van der Waals surface area contributed by atoms with Crippen molar-refractivity contribution >= 4 is 5.97 Å². The number of ether oxygens (including phenoxy) is 2. The maximum absolute atomic E-state index is 11.0. The highest BCUT2D eigenvalue weighted by Gasteiger charge is 2.47. The van der Waals surface area contributed by atoms with Crippen molar-refractivity contribution in [1.29, 1.82) is 0 Å². The molecule has 0 heterocycles. The van der Waals surface area contributed by atoms with Gasteiger partial charge in [0.15, 0.2) is 0 Å². The molecule has 0 N–H and O–H groups in total. The fourth-order valence-corrected chi connectivity index (χ4v) is 3.34. The molecule has 1 saturated carbocycles. The van der Waals surface area contributed by atoms with E-state index in [1.54, 1.807) is 12.1 Å². The topological polar surface area (TPSA) is 35.5 Å². The van der Waals surface area contributed by atoms with Crippen LogP contribution in [0.15, 0.2) is 42.5 Å². The lowest BCUT2D eigenvalue weighted by molar-refractivity contribution is -0.131. The molecule has 1 fully saturated rings. The first-order chi connectivity index (χ1) is 12.9. The third-order valence-corrected chi connectivity index (χ3v) is 4.61. The zero-order valence-corrected chi connectivity index (χ0v) is 16.5. The summed E-state index contributed by atoms with van der Waals surface area (Å²) in [6.07, 6.45) is 3.38. The van der Waals surface area contributed by atoms with Crippen LogP contribution in [0.25, 0.3) is 0 Å². The molecule has 3 rings (SSSR count). The van der Waals surface area contributed by atoms with E-state index in [9.17, 15) is 4.79 Å². The lowest BCUT2D eigenvalue weighted by atomic mass is 9.96. The monoisotopic (exact) mass is 362 g/mol. The van der Waals surface area contributed by atoms with E-state index in [-0.39, 0.29) is 17.7 Å². The standard InChI is InChI=1S/C24H26O3/c1-5-21-16-20(10-13-23(21)24(14-15-24)27-17(2)3)7-6-19-8-11-22(12-9-19)26-18(4)25/h8-13,16-17H,5,14-15H2,1-4H3. The van der Waals surface area contributed by atoms with Crippen molar-refractivity contribution in [3.63, 3.8) is 0 Å². The fraction of sp³-hybridized carbons (Fsp3) is 0.375. The maximum Gasteiger partial charge on any atom is 0.308 e. The molecule has 3 heteroatoms. The summed E-state index contributed by atoms with van der Waals surface area (Å²) in [5.74, 6) is 6.62. The molecule has 1 aliphatic rings. The Labute approximate surface area is 161 Å². The average molecular weight is 362 g/mol. The zero-order chi connectivity index (χ0) is 19.4. The minimum atomic E-state index is -0.323. The van der Waals surface area contributed by atoms with E-state index in [2.05, 4.69) is 50.8 Å². The summed E-state index contributed by atoms with van der Waals surface area (Å²) in [7, 11) is 0. The lowest BCUT2D eigenvalue weighted by Gasteiger charge is -2.22. The number of hydrogen-bond acceptors (Lipinski definition) is 3. The Morgan fingerprint density at radius 2 is 1.70 bits per heavy atom. The van der Waals surface area contributed by atoms with Gasteiger partial charge in [-0.2, -0.15) is 0 Å².